The molecular weight excluding hydrogens is 367 g/mol. The summed E-state index contributed by atoms with van der Waals surface area (Å²) in [6.07, 6.45) is -0.845. The molecule has 128 valence electrons. The summed E-state index contributed by atoms with van der Waals surface area (Å²) in [6, 6.07) is 9.14. The van der Waals surface area contributed by atoms with Crippen molar-refractivity contribution in [1.29, 1.82) is 0 Å². The van der Waals surface area contributed by atoms with Gasteiger partial charge in [0.2, 0.25) is 0 Å². The first-order valence-electron chi connectivity index (χ1n) is 7.27. The van der Waals surface area contributed by atoms with Crippen LogP contribution < -0.4 is 15.4 Å². The zero-order valence-corrected chi connectivity index (χ0v) is 14.4. The standard InChI is InChI=1S/C17H12Cl2N2O4/c1-8(25-14-5-2-9(18)6-13(14)19)15(22)20-10-3-4-11-12(7-10)17(24)21-16(11)23/h2-8H,1H3,(H,20,22)(H,21,23,24). The molecule has 25 heavy (non-hydrogen) atoms. The molecule has 1 heterocycles. The maximum absolute atomic E-state index is 12.3. The van der Waals surface area contributed by atoms with Crippen molar-refractivity contribution < 1.29 is 19.1 Å². The first kappa shape index (κ1) is 17.3. The smallest absolute Gasteiger partial charge is 0.265 e. The van der Waals surface area contributed by atoms with Crippen molar-refractivity contribution in [3.63, 3.8) is 0 Å². The normalized spacial score (nSPS) is 13.9. The van der Waals surface area contributed by atoms with Gasteiger partial charge in [-0.1, -0.05) is 23.2 Å². The number of imide groups is 1. The number of nitrogens with one attached hydrogen (secondary N) is 2. The van der Waals surface area contributed by atoms with Crippen molar-refractivity contribution >= 4 is 46.6 Å². The van der Waals surface area contributed by atoms with Crippen LogP contribution in [-0.2, 0) is 4.79 Å². The van der Waals surface area contributed by atoms with Crippen molar-refractivity contribution in [3.05, 3.63) is 57.6 Å². The summed E-state index contributed by atoms with van der Waals surface area (Å²) in [5.74, 6) is -1.05. The molecule has 2 aromatic carbocycles. The van der Waals surface area contributed by atoms with E-state index in [2.05, 4.69) is 10.6 Å². The fourth-order valence-electron chi connectivity index (χ4n) is 2.30. The molecule has 0 radical (unpaired) electrons. The number of anilines is 1. The Morgan fingerprint density at radius 2 is 1.80 bits per heavy atom. The highest BCUT2D eigenvalue weighted by Gasteiger charge is 2.27. The Bertz CT molecular complexity index is 898. The lowest BCUT2D eigenvalue weighted by Crippen LogP contribution is -2.30. The number of amides is 3. The van der Waals surface area contributed by atoms with E-state index in [9.17, 15) is 14.4 Å². The van der Waals surface area contributed by atoms with Crippen molar-refractivity contribution in [1.82, 2.24) is 5.32 Å². The Labute approximate surface area is 153 Å². The Hall–Kier alpha value is -2.57. The van der Waals surface area contributed by atoms with Gasteiger partial charge in [-0.15, -0.1) is 0 Å². The zero-order chi connectivity index (χ0) is 18.1. The molecule has 6 nitrogen and oxygen atoms in total. The van der Waals surface area contributed by atoms with Gasteiger partial charge in [0.25, 0.3) is 17.7 Å². The van der Waals surface area contributed by atoms with Crippen LogP contribution in [0.5, 0.6) is 5.75 Å². The summed E-state index contributed by atoms with van der Waals surface area (Å²) in [5.41, 5.74) is 0.878. The van der Waals surface area contributed by atoms with Gasteiger partial charge in [-0.05, 0) is 43.3 Å². The zero-order valence-electron chi connectivity index (χ0n) is 12.9. The minimum atomic E-state index is -0.845. The summed E-state index contributed by atoms with van der Waals surface area (Å²) < 4.78 is 5.53. The minimum Gasteiger partial charge on any atom is -0.479 e. The second-order valence-corrected chi connectivity index (χ2v) is 6.21. The van der Waals surface area contributed by atoms with Gasteiger partial charge < -0.3 is 10.1 Å². The van der Waals surface area contributed by atoms with Gasteiger partial charge in [-0.2, -0.15) is 0 Å². The number of fused-ring (bicyclic) bond motifs is 1. The van der Waals surface area contributed by atoms with Crippen molar-refractivity contribution in [2.45, 2.75) is 13.0 Å². The van der Waals surface area contributed by atoms with E-state index in [4.69, 9.17) is 27.9 Å². The molecule has 1 atom stereocenters. The summed E-state index contributed by atoms with van der Waals surface area (Å²) in [7, 11) is 0. The Balaban J connectivity index is 1.71. The molecule has 2 N–H and O–H groups in total. The van der Waals surface area contributed by atoms with Crippen LogP contribution in [-0.4, -0.2) is 23.8 Å². The summed E-state index contributed by atoms with van der Waals surface area (Å²) in [4.78, 5) is 35.4. The van der Waals surface area contributed by atoms with Crippen LogP contribution in [0.1, 0.15) is 27.6 Å². The lowest BCUT2D eigenvalue weighted by atomic mass is 10.1. The molecule has 1 aliphatic rings. The molecule has 1 aliphatic heterocycles. The van der Waals surface area contributed by atoms with E-state index in [-0.39, 0.29) is 11.1 Å². The van der Waals surface area contributed by atoms with Gasteiger partial charge in [-0.25, -0.2) is 0 Å². The molecule has 8 heteroatoms. The monoisotopic (exact) mass is 378 g/mol. The maximum Gasteiger partial charge on any atom is 0.265 e. The molecular formula is C17H12Cl2N2O4. The highest BCUT2D eigenvalue weighted by molar-refractivity contribution is 6.35. The van der Waals surface area contributed by atoms with Gasteiger partial charge >= 0.3 is 0 Å². The molecule has 1 unspecified atom stereocenters. The van der Waals surface area contributed by atoms with Crippen LogP contribution in [0.25, 0.3) is 0 Å². The number of hydrogen-bond acceptors (Lipinski definition) is 4. The molecule has 2 aromatic rings. The molecule has 0 saturated heterocycles. The van der Waals surface area contributed by atoms with Crippen LogP contribution in [0.4, 0.5) is 5.69 Å². The second kappa shape index (κ2) is 6.74. The summed E-state index contributed by atoms with van der Waals surface area (Å²) in [6.45, 7) is 1.56. The Kier molecular flexibility index (Phi) is 4.65. The highest BCUT2D eigenvalue weighted by atomic mass is 35.5. The number of rotatable bonds is 4. The lowest BCUT2D eigenvalue weighted by Gasteiger charge is -2.16. The van der Waals surface area contributed by atoms with Crippen molar-refractivity contribution in [2.75, 3.05) is 5.32 Å². The Morgan fingerprint density at radius 1 is 1.08 bits per heavy atom. The molecule has 0 aromatic heterocycles. The predicted molar refractivity (Wildman–Crippen MR) is 93.4 cm³/mol. The summed E-state index contributed by atoms with van der Waals surface area (Å²) >= 11 is 11.8. The van der Waals surface area contributed by atoms with Crippen molar-refractivity contribution in [3.8, 4) is 5.75 Å². The van der Waals surface area contributed by atoms with Crippen LogP contribution in [0.3, 0.4) is 0 Å². The summed E-state index contributed by atoms with van der Waals surface area (Å²) in [5, 5.41) is 5.57. The van der Waals surface area contributed by atoms with E-state index in [0.717, 1.165) is 0 Å². The molecule has 0 bridgehead atoms. The van der Waals surface area contributed by atoms with E-state index < -0.39 is 23.8 Å². The van der Waals surface area contributed by atoms with Crippen LogP contribution in [0, 0.1) is 0 Å². The van der Waals surface area contributed by atoms with E-state index in [1.807, 2.05) is 0 Å². The van der Waals surface area contributed by atoms with Gasteiger partial charge in [0.05, 0.1) is 16.1 Å². The fraction of sp³-hybridized carbons (Fsp3) is 0.118. The number of hydrogen-bond donors (Lipinski definition) is 2. The average molecular weight is 379 g/mol. The molecule has 3 amide bonds. The number of ether oxygens (including phenoxy) is 1. The van der Waals surface area contributed by atoms with Crippen LogP contribution in [0.15, 0.2) is 36.4 Å². The SMILES string of the molecule is CC(Oc1ccc(Cl)cc1Cl)C(=O)Nc1ccc2c(c1)C(=O)NC2=O. The lowest BCUT2D eigenvalue weighted by molar-refractivity contribution is -0.122. The minimum absolute atomic E-state index is 0.220. The van der Waals surface area contributed by atoms with Gasteiger partial charge in [-0.3, -0.25) is 19.7 Å². The average Bonchev–Trinajstić information content (AvgIpc) is 2.84. The van der Waals surface area contributed by atoms with E-state index in [0.29, 0.717) is 21.5 Å². The molecule has 0 aliphatic carbocycles. The third-order valence-electron chi connectivity index (χ3n) is 3.57. The van der Waals surface area contributed by atoms with E-state index >= 15 is 0 Å². The Morgan fingerprint density at radius 3 is 2.52 bits per heavy atom. The third kappa shape index (κ3) is 3.60. The van der Waals surface area contributed by atoms with Crippen molar-refractivity contribution in [2.24, 2.45) is 0 Å². The number of carbonyl (C=O) groups is 3. The topological polar surface area (TPSA) is 84.5 Å². The first-order chi connectivity index (χ1) is 11.8. The number of benzene rings is 2. The van der Waals surface area contributed by atoms with Gasteiger partial charge in [0.1, 0.15) is 5.75 Å². The van der Waals surface area contributed by atoms with Crippen LogP contribution in [0.2, 0.25) is 10.0 Å². The highest BCUT2D eigenvalue weighted by Crippen LogP contribution is 2.28. The molecule has 0 fully saturated rings. The van der Waals surface area contributed by atoms with Gasteiger partial charge in [0.15, 0.2) is 6.10 Å². The second-order valence-electron chi connectivity index (χ2n) is 5.37. The van der Waals surface area contributed by atoms with E-state index in [1.165, 1.54) is 24.3 Å². The van der Waals surface area contributed by atoms with E-state index in [1.54, 1.807) is 19.1 Å². The molecule has 3 rings (SSSR count). The number of carbonyl (C=O) groups excluding carboxylic acids is 3. The molecule has 0 saturated carbocycles. The largest absolute Gasteiger partial charge is 0.479 e. The maximum atomic E-state index is 12.3. The fourth-order valence-corrected chi connectivity index (χ4v) is 2.76. The van der Waals surface area contributed by atoms with Gasteiger partial charge in [0, 0.05) is 10.7 Å². The third-order valence-corrected chi connectivity index (χ3v) is 4.10. The first-order valence-corrected chi connectivity index (χ1v) is 8.03. The quantitative estimate of drug-likeness (QED) is 0.799. The number of halogens is 2. The predicted octanol–water partition coefficient (Wildman–Crippen LogP) is 3.28. The molecule has 0 spiro atoms. The van der Waals surface area contributed by atoms with Crippen LogP contribution >= 0.6 is 23.2 Å².